The van der Waals surface area contributed by atoms with Crippen LogP contribution in [0, 0.1) is 0 Å². The van der Waals surface area contributed by atoms with Crippen molar-refractivity contribution in [3.63, 3.8) is 0 Å². The van der Waals surface area contributed by atoms with Crippen molar-refractivity contribution in [2.45, 2.75) is 38.6 Å². The molecular weight excluding hydrogens is 234 g/mol. The first-order valence-corrected chi connectivity index (χ1v) is 6.62. The molecule has 1 saturated heterocycles. The fourth-order valence-electron chi connectivity index (χ4n) is 2.54. The first kappa shape index (κ1) is 12.4. The molecule has 0 spiro atoms. The number of hydrogen-bond acceptors (Lipinski definition) is 2. The minimum Gasteiger partial charge on any atom is -0.367 e. The SMILES string of the molecule is CC1CCCCCN1c1c(Cl)cccc1C=O. The van der Waals surface area contributed by atoms with Crippen LogP contribution in [0.15, 0.2) is 18.2 Å². The van der Waals surface area contributed by atoms with Gasteiger partial charge in [0.05, 0.1) is 10.7 Å². The molecule has 1 aliphatic heterocycles. The van der Waals surface area contributed by atoms with Gasteiger partial charge in [0.25, 0.3) is 0 Å². The number of halogens is 1. The minimum atomic E-state index is 0.455. The van der Waals surface area contributed by atoms with Crippen LogP contribution < -0.4 is 4.90 Å². The van der Waals surface area contributed by atoms with Gasteiger partial charge >= 0.3 is 0 Å². The van der Waals surface area contributed by atoms with E-state index < -0.39 is 0 Å². The standard InChI is InChI=1S/C14H18ClNO/c1-11-6-3-2-4-9-16(11)14-12(10-17)7-5-8-13(14)15/h5,7-8,10-11H,2-4,6,9H2,1H3. The average Bonchev–Trinajstić information content (AvgIpc) is 2.54. The summed E-state index contributed by atoms with van der Waals surface area (Å²) >= 11 is 6.26. The smallest absolute Gasteiger partial charge is 0.152 e. The van der Waals surface area contributed by atoms with E-state index >= 15 is 0 Å². The molecule has 1 heterocycles. The van der Waals surface area contributed by atoms with Crippen molar-refractivity contribution in [3.05, 3.63) is 28.8 Å². The van der Waals surface area contributed by atoms with E-state index in [1.165, 1.54) is 25.7 Å². The van der Waals surface area contributed by atoms with Crippen LogP contribution in [0.4, 0.5) is 5.69 Å². The van der Waals surface area contributed by atoms with E-state index in [2.05, 4.69) is 11.8 Å². The van der Waals surface area contributed by atoms with Gasteiger partial charge in [-0.1, -0.05) is 30.5 Å². The van der Waals surface area contributed by atoms with E-state index in [1.54, 1.807) is 0 Å². The highest BCUT2D eigenvalue weighted by Gasteiger charge is 2.21. The summed E-state index contributed by atoms with van der Waals surface area (Å²) in [5.41, 5.74) is 1.62. The lowest BCUT2D eigenvalue weighted by molar-refractivity contribution is 0.112. The van der Waals surface area contributed by atoms with Crippen molar-refractivity contribution in [2.24, 2.45) is 0 Å². The molecule has 0 aliphatic carbocycles. The van der Waals surface area contributed by atoms with Gasteiger partial charge in [0.15, 0.2) is 6.29 Å². The molecule has 2 rings (SSSR count). The van der Waals surface area contributed by atoms with Crippen LogP contribution in [-0.2, 0) is 0 Å². The largest absolute Gasteiger partial charge is 0.367 e. The van der Waals surface area contributed by atoms with Crippen molar-refractivity contribution in [2.75, 3.05) is 11.4 Å². The Morgan fingerprint density at radius 2 is 2.18 bits per heavy atom. The highest BCUT2D eigenvalue weighted by molar-refractivity contribution is 6.33. The zero-order valence-electron chi connectivity index (χ0n) is 10.2. The maximum absolute atomic E-state index is 11.1. The van der Waals surface area contributed by atoms with Gasteiger partial charge in [0, 0.05) is 18.2 Å². The van der Waals surface area contributed by atoms with E-state index in [9.17, 15) is 4.79 Å². The number of benzene rings is 1. The van der Waals surface area contributed by atoms with Crippen LogP contribution in [0.1, 0.15) is 43.0 Å². The monoisotopic (exact) mass is 251 g/mol. The Kier molecular flexibility index (Phi) is 4.06. The first-order chi connectivity index (χ1) is 8.24. The van der Waals surface area contributed by atoms with E-state index in [0.717, 1.165) is 18.5 Å². The van der Waals surface area contributed by atoms with Gasteiger partial charge in [-0.05, 0) is 31.9 Å². The molecule has 1 aromatic carbocycles. The Morgan fingerprint density at radius 1 is 1.35 bits per heavy atom. The number of para-hydroxylation sites is 1. The summed E-state index contributed by atoms with van der Waals surface area (Å²) in [4.78, 5) is 13.4. The minimum absolute atomic E-state index is 0.455. The Labute approximate surface area is 108 Å². The van der Waals surface area contributed by atoms with Gasteiger partial charge in [-0.25, -0.2) is 0 Å². The third-order valence-corrected chi connectivity index (χ3v) is 3.79. The normalized spacial score (nSPS) is 21.1. The van der Waals surface area contributed by atoms with Crippen molar-refractivity contribution in [1.82, 2.24) is 0 Å². The molecule has 1 atom stereocenters. The zero-order valence-corrected chi connectivity index (χ0v) is 10.9. The fraction of sp³-hybridized carbons (Fsp3) is 0.500. The molecule has 17 heavy (non-hydrogen) atoms. The molecule has 0 saturated carbocycles. The number of carbonyl (C=O) groups is 1. The summed E-state index contributed by atoms with van der Waals surface area (Å²) in [5.74, 6) is 0. The molecule has 0 aromatic heterocycles. The Balaban J connectivity index is 2.40. The average molecular weight is 252 g/mol. The molecule has 1 aromatic rings. The fourth-order valence-corrected chi connectivity index (χ4v) is 2.83. The zero-order chi connectivity index (χ0) is 12.3. The topological polar surface area (TPSA) is 20.3 Å². The molecule has 1 aliphatic rings. The third-order valence-electron chi connectivity index (χ3n) is 3.49. The summed E-state index contributed by atoms with van der Waals surface area (Å²) < 4.78 is 0. The summed E-state index contributed by atoms with van der Waals surface area (Å²) in [5, 5.41) is 0.684. The highest BCUT2D eigenvalue weighted by Crippen LogP contribution is 2.33. The van der Waals surface area contributed by atoms with Crippen LogP contribution in [0.2, 0.25) is 5.02 Å². The number of hydrogen-bond donors (Lipinski definition) is 0. The van der Waals surface area contributed by atoms with Gasteiger partial charge in [0.1, 0.15) is 0 Å². The van der Waals surface area contributed by atoms with Crippen molar-refractivity contribution in [3.8, 4) is 0 Å². The highest BCUT2D eigenvalue weighted by atomic mass is 35.5. The number of carbonyl (C=O) groups excluding carboxylic acids is 1. The first-order valence-electron chi connectivity index (χ1n) is 6.24. The van der Waals surface area contributed by atoms with Crippen molar-refractivity contribution < 1.29 is 4.79 Å². The van der Waals surface area contributed by atoms with Gasteiger partial charge < -0.3 is 4.90 Å². The molecule has 1 unspecified atom stereocenters. The summed E-state index contributed by atoms with van der Waals surface area (Å²) in [7, 11) is 0. The van der Waals surface area contributed by atoms with E-state index in [-0.39, 0.29) is 0 Å². The van der Waals surface area contributed by atoms with E-state index in [0.29, 0.717) is 16.6 Å². The Hall–Kier alpha value is -1.02. The van der Waals surface area contributed by atoms with Crippen LogP contribution in [0.3, 0.4) is 0 Å². The van der Waals surface area contributed by atoms with E-state index in [1.807, 2.05) is 18.2 Å². The van der Waals surface area contributed by atoms with Gasteiger partial charge in [0.2, 0.25) is 0 Å². The van der Waals surface area contributed by atoms with Gasteiger partial charge in [-0.2, -0.15) is 0 Å². The quantitative estimate of drug-likeness (QED) is 0.743. The predicted molar refractivity (Wildman–Crippen MR) is 72.1 cm³/mol. The lowest BCUT2D eigenvalue weighted by atomic mass is 10.1. The van der Waals surface area contributed by atoms with Gasteiger partial charge in [-0.15, -0.1) is 0 Å². The van der Waals surface area contributed by atoms with Crippen LogP contribution in [0.5, 0.6) is 0 Å². The number of rotatable bonds is 2. The molecule has 1 fully saturated rings. The molecule has 3 heteroatoms. The maximum atomic E-state index is 11.1. The second-order valence-corrected chi connectivity index (χ2v) is 5.09. The third kappa shape index (κ3) is 2.63. The van der Waals surface area contributed by atoms with E-state index in [4.69, 9.17) is 11.6 Å². The number of anilines is 1. The van der Waals surface area contributed by atoms with Crippen LogP contribution >= 0.6 is 11.6 Å². The molecule has 0 amide bonds. The summed E-state index contributed by atoms with van der Waals surface area (Å²) in [6, 6.07) is 5.99. The Morgan fingerprint density at radius 3 is 2.94 bits per heavy atom. The van der Waals surface area contributed by atoms with Crippen LogP contribution in [0.25, 0.3) is 0 Å². The van der Waals surface area contributed by atoms with Crippen molar-refractivity contribution >= 4 is 23.6 Å². The summed E-state index contributed by atoms with van der Waals surface area (Å²) in [6.45, 7) is 3.20. The van der Waals surface area contributed by atoms with Crippen LogP contribution in [-0.4, -0.2) is 18.9 Å². The lowest BCUT2D eigenvalue weighted by Crippen LogP contribution is -2.33. The molecule has 0 N–H and O–H groups in total. The van der Waals surface area contributed by atoms with Gasteiger partial charge in [-0.3, -0.25) is 4.79 Å². The summed E-state index contributed by atoms with van der Waals surface area (Å²) in [6.07, 6.45) is 5.77. The Bertz CT molecular complexity index is 405. The molecule has 0 bridgehead atoms. The molecular formula is C14H18ClNO. The van der Waals surface area contributed by atoms with Crippen molar-refractivity contribution in [1.29, 1.82) is 0 Å². The number of aldehydes is 1. The number of nitrogens with zero attached hydrogens (tertiary/aromatic N) is 1. The molecule has 92 valence electrons. The maximum Gasteiger partial charge on any atom is 0.152 e. The molecule has 0 radical (unpaired) electrons. The lowest BCUT2D eigenvalue weighted by Gasteiger charge is -2.31. The molecule has 2 nitrogen and oxygen atoms in total. The second kappa shape index (κ2) is 5.54. The predicted octanol–water partition coefficient (Wildman–Crippen LogP) is 3.92. The second-order valence-electron chi connectivity index (χ2n) is 4.69.